The summed E-state index contributed by atoms with van der Waals surface area (Å²) in [4.78, 5) is 8.65. The molecule has 1 N–H and O–H groups in total. The molecule has 0 spiro atoms. The third kappa shape index (κ3) is 4.98. The van der Waals surface area contributed by atoms with Crippen molar-refractivity contribution in [3.63, 3.8) is 0 Å². The molecule has 0 amide bonds. The van der Waals surface area contributed by atoms with Crippen LogP contribution < -0.4 is 9.62 Å². The van der Waals surface area contributed by atoms with Gasteiger partial charge in [0.1, 0.15) is 5.69 Å². The maximum Gasteiger partial charge on any atom is 0.277 e. The van der Waals surface area contributed by atoms with Crippen molar-refractivity contribution in [2.75, 3.05) is 22.9 Å². The minimum atomic E-state index is -3.52. The number of nitrogens with zero attached hydrogens (tertiary/aromatic N) is 5. The van der Waals surface area contributed by atoms with Gasteiger partial charge in [0, 0.05) is 25.6 Å². The maximum atomic E-state index is 13.4. The second-order valence-electron chi connectivity index (χ2n) is 7.75. The first-order valence-corrected chi connectivity index (χ1v) is 11.9. The first-order valence-electron chi connectivity index (χ1n) is 10.1. The molecule has 33 heavy (non-hydrogen) atoms. The molecule has 0 bridgehead atoms. The Morgan fingerprint density at radius 1 is 1.09 bits per heavy atom. The number of anilines is 3. The van der Waals surface area contributed by atoms with Gasteiger partial charge in [-0.15, -0.1) is 0 Å². The van der Waals surface area contributed by atoms with E-state index in [1.165, 1.54) is 7.05 Å². The average molecular weight is 473 g/mol. The van der Waals surface area contributed by atoms with E-state index in [2.05, 4.69) is 25.5 Å². The summed E-state index contributed by atoms with van der Waals surface area (Å²) in [6.07, 6.45) is -1.29. The van der Waals surface area contributed by atoms with E-state index in [0.29, 0.717) is 46.3 Å². The van der Waals surface area contributed by atoms with Crippen molar-refractivity contribution in [1.82, 2.24) is 15.2 Å². The first kappa shape index (κ1) is 22.7. The number of nitrogens with one attached hydrogen (secondary N) is 1. The van der Waals surface area contributed by atoms with Gasteiger partial charge >= 0.3 is 0 Å². The van der Waals surface area contributed by atoms with E-state index >= 15 is 0 Å². The summed E-state index contributed by atoms with van der Waals surface area (Å²) in [7, 11) is -2.07. The number of rotatable bonds is 7. The molecule has 0 atom stereocenters. The molecule has 3 heterocycles. The Bertz CT molecular complexity index is 1330. The van der Waals surface area contributed by atoms with Gasteiger partial charge in [-0.05, 0) is 37.3 Å². The second kappa shape index (κ2) is 8.81. The topological polar surface area (TPSA) is 100 Å². The molecule has 0 fully saturated rings. The number of benzene rings is 1. The molecule has 3 aromatic rings. The van der Waals surface area contributed by atoms with E-state index in [9.17, 15) is 17.2 Å². The van der Waals surface area contributed by atoms with Gasteiger partial charge in [-0.1, -0.05) is 12.1 Å². The summed E-state index contributed by atoms with van der Waals surface area (Å²) >= 11 is 0. The molecule has 8 nitrogen and oxygen atoms in total. The predicted molar refractivity (Wildman–Crippen MR) is 124 cm³/mol. The lowest BCUT2D eigenvalue weighted by molar-refractivity contribution is 0.224. The number of hydrogen-bond acceptors (Lipinski definition) is 7. The summed E-state index contributed by atoms with van der Waals surface area (Å²) in [5, 5.41) is 11.4. The molecule has 0 unspecified atom stereocenters. The van der Waals surface area contributed by atoms with Gasteiger partial charge in [-0.3, -0.25) is 9.29 Å². The predicted octanol–water partition coefficient (Wildman–Crippen LogP) is 3.80. The highest BCUT2D eigenvalue weighted by molar-refractivity contribution is 7.92. The lowest BCUT2D eigenvalue weighted by Gasteiger charge is -2.21. The number of sulfonamides is 1. The van der Waals surface area contributed by atoms with E-state index in [1.807, 2.05) is 19.1 Å². The number of para-hydroxylation sites is 2. The van der Waals surface area contributed by atoms with Gasteiger partial charge < -0.3 is 5.32 Å². The van der Waals surface area contributed by atoms with Crippen LogP contribution in [0.1, 0.15) is 22.8 Å². The number of hydrogen-bond donors (Lipinski definition) is 1. The van der Waals surface area contributed by atoms with Crippen LogP contribution in [0.15, 0.2) is 47.5 Å². The summed E-state index contributed by atoms with van der Waals surface area (Å²) in [5.74, 6) is 0. The van der Waals surface area contributed by atoms with E-state index < -0.39 is 16.4 Å². The van der Waals surface area contributed by atoms with Crippen molar-refractivity contribution in [2.24, 2.45) is 4.99 Å². The normalized spacial score (nSPS) is 13.1. The van der Waals surface area contributed by atoms with E-state index in [-0.39, 0.29) is 12.1 Å². The lowest BCUT2D eigenvalue weighted by Crippen LogP contribution is -2.25. The number of pyridine rings is 1. The van der Waals surface area contributed by atoms with Crippen LogP contribution in [0, 0.1) is 6.92 Å². The van der Waals surface area contributed by atoms with Gasteiger partial charge in [0.15, 0.2) is 0 Å². The van der Waals surface area contributed by atoms with Crippen molar-refractivity contribution in [2.45, 2.75) is 26.2 Å². The Balaban J connectivity index is 1.76. The summed E-state index contributed by atoms with van der Waals surface area (Å²) in [6, 6.07) is 12.2. The number of fused-ring (bicyclic) bond motifs is 1. The third-order valence-electron chi connectivity index (χ3n) is 5.20. The molecular weight excluding hydrogens is 450 g/mol. The maximum absolute atomic E-state index is 13.4. The molecule has 0 saturated heterocycles. The van der Waals surface area contributed by atoms with Crippen LogP contribution in [0.5, 0.6) is 0 Å². The molecule has 0 radical (unpaired) electrons. The number of aliphatic imine (C=N–C) groups is 1. The van der Waals surface area contributed by atoms with E-state index in [4.69, 9.17) is 0 Å². The molecule has 1 aliphatic heterocycles. The van der Waals surface area contributed by atoms with Gasteiger partial charge in [0.05, 0.1) is 46.1 Å². The van der Waals surface area contributed by atoms with Crippen molar-refractivity contribution in [3.05, 3.63) is 65.2 Å². The Morgan fingerprint density at radius 2 is 1.85 bits per heavy atom. The molecule has 11 heteroatoms. The molecule has 1 aliphatic rings. The van der Waals surface area contributed by atoms with Crippen molar-refractivity contribution < 1.29 is 17.2 Å². The minimum absolute atomic E-state index is 0.0556. The van der Waals surface area contributed by atoms with Crippen LogP contribution in [0.4, 0.5) is 31.5 Å². The third-order valence-corrected chi connectivity index (χ3v) is 6.39. The van der Waals surface area contributed by atoms with Crippen LogP contribution in [0.3, 0.4) is 0 Å². The zero-order valence-electron chi connectivity index (χ0n) is 18.2. The zero-order valence-corrected chi connectivity index (χ0v) is 19.1. The van der Waals surface area contributed by atoms with Crippen LogP contribution in [0.2, 0.25) is 0 Å². The standard InChI is InChI=1S/C22H22F2N6O2S/c1-13-8-9-14(29-28-13)10-15-11-17(21-18(25-15)12-19(27-21)22(23)24)26-16-6-4-5-7-20(16)30(2)33(3,31)32/h4-9,11,22H,10,12H2,1-3H3,(H,25,26). The zero-order chi connectivity index (χ0) is 23.8. The van der Waals surface area contributed by atoms with Crippen LogP contribution >= 0.6 is 0 Å². The number of aromatic nitrogens is 3. The minimum Gasteiger partial charge on any atom is -0.352 e. The van der Waals surface area contributed by atoms with Gasteiger partial charge in [-0.2, -0.15) is 10.2 Å². The molecular formula is C22H22F2N6O2S. The quantitative estimate of drug-likeness (QED) is 0.561. The lowest BCUT2D eigenvalue weighted by atomic mass is 10.1. The van der Waals surface area contributed by atoms with Crippen molar-refractivity contribution in [3.8, 4) is 0 Å². The molecule has 0 saturated carbocycles. The first-order chi connectivity index (χ1) is 15.6. The summed E-state index contributed by atoms with van der Waals surface area (Å²) in [6.45, 7) is 1.83. The summed E-state index contributed by atoms with van der Waals surface area (Å²) < 4.78 is 52.1. The van der Waals surface area contributed by atoms with Crippen LogP contribution in [0.25, 0.3) is 0 Å². The fourth-order valence-corrected chi connectivity index (χ4v) is 3.96. The molecule has 0 aliphatic carbocycles. The smallest absolute Gasteiger partial charge is 0.277 e. The number of alkyl halides is 2. The van der Waals surface area contributed by atoms with Crippen molar-refractivity contribution in [1.29, 1.82) is 0 Å². The molecule has 1 aromatic carbocycles. The highest BCUT2D eigenvalue weighted by atomic mass is 32.2. The van der Waals surface area contributed by atoms with Gasteiger partial charge in [-0.25, -0.2) is 22.2 Å². The van der Waals surface area contributed by atoms with E-state index in [1.54, 1.807) is 30.3 Å². The van der Waals surface area contributed by atoms with E-state index in [0.717, 1.165) is 16.3 Å². The fourth-order valence-electron chi connectivity index (χ4n) is 3.45. The number of aryl methyl sites for hydroxylation is 1. The Kier molecular flexibility index (Phi) is 6.07. The van der Waals surface area contributed by atoms with Gasteiger partial charge in [0.2, 0.25) is 10.0 Å². The highest BCUT2D eigenvalue weighted by Crippen LogP contribution is 2.39. The average Bonchev–Trinajstić information content (AvgIpc) is 3.20. The fraction of sp³-hybridized carbons (Fsp3) is 0.273. The number of halogens is 2. The Labute approximate surface area is 190 Å². The van der Waals surface area contributed by atoms with Crippen LogP contribution in [-0.2, 0) is 22.9 Å². The SMILES string of the molecule is Cc1ccc(Cc2cc(Nc3ccccc3N(C)S(C)(=O)=O)c3c(n2)CC(C(F)F)=N3)nn1. The highest BCUT2D eigenvalue weighted by Gasteiger charge is 2.27. The second-order valence-corrected chi connectivity index (χ2v) is 9.77. The van der Waals surface area contributed by atoms with Crippen LogP contribution in [-0.4, -0.2) is 49.0 Å². The molecule has 2 aromatic heterocycles. The Hall–Kier alpha value is -3.47. The summed E-state index contributed by atoms with van der Waals surface area (Å²) in [5.41, 5.74) is 3.92. The monoisotopic (exact) mass is 472 g/mol. The van der Waals surface area contributed by atoms with Crippen molar-refractivity contribution >= 4 is 38.5 Å². The largest absolute Gasteiger partial charge is 0.352 e. The Morgan fingerprint density at radius 3 is 2.52 bits per heavy atom. The molecule has 4 rings (SSSR count). The van der Waals surface area contributed by atoms with Gasteiger partial charge in [0.25, 0.3) is 6.43 Å². The molecule has 172 valence electrons.